The summed E-state index contributed by atoms with van der Waals surface area (Å²) in [7, 11) is 0. The Hall–Kier alpha value is -0.900. The second kappa shape index (κ2) is 5.39. The van der Waals surface area contributed by atoms with E-state index in [1.54, 1.807) is 18.2 Å². The van der Waals surface area contributed by atoms with E-state index in [0.29, 0.717) is 5.02 Å². The van der Waals surface area contributed by atoms with Gasteiger partial charge in [0.25, 0.3) is 0 Å². The minimum absolute atomic E-state index is 0.288. The first-order valence-corrected chi connectivity index (χ1v) is 6.62. The zero-order chi connectivity index (χ0) is 13.3. The second-order valence-corrected chi connectivity index (χ2v) is 5.44. The first-order chi connectivity index (χ1) is 8.49. The molecule has 1 atom stereocenters. The van der Waals surface area contributed by atoms with Gasteiger partial charge in [-0.25, -0.2) is 4.39 Å². The number of aryl methyl sites for hydroxylation is 1. The molecule has 0 saturated heterocycles. The van der Waals surface area contributed by atoms with Crippen molar-refractivity contribution in [2.24, 2.45) is 5.73 Å². The van der Waals surface area contributed by atoms with Crippen LogP contribution in [0.15, 0.2) is 40.9 Å². The molecule has 0 fully saturated rings. The van der Waals surface area contributed by atoms with Gasteiger partial charge >= 0.3 is 0 Å². The maximum atomic E-state index is 13.3. The molecular formula is C14H12BrClFN. The van der Waals surface area contributed by atoms with E-state index in [4.69, 9.17) is 17.3 Å². The zero-order valence-electron chi connectivity index (χ0n) is 9.75. The molecule has 1 unspecified atom stereocenters. The Morgan fingerprint density at radius 3 is 2.61 bits per heavy atom. The van der Waals surface area contributed by atoms with E-state index >= 15 is 0 Å². The van der Waals surface area contributed by atoms with Gasteiger partial charge in [0.2, 0.25) is 0 Å². The summed E-state index contributed by atoms with van der Waals surface area (Å²) < 4.78 is 14.2. The van der Waals surface area contributed by atoms with Crippen molar-refractivity contribution < 1.29 is 4.39 Å². The van der Waals surface area contributed by atoms with Crippen molar-refractivity contribution in [2.75, 3.05) is 0 Å². The molecule has 0 radical (unpaired) electrons. The molecule has 18 heavy (non-hydrogen) atoms. The lowest BCUT2D eigenvalue weighted by atomic mass is 9.96. The summed E-state index contributed by atoms with van der Waals surface area (Å²) in [6, 6.07) is 9.62. The number of rotatable bonds is 2. The molecule has 2 aromatic rings. The van der Waals surface area contributed by atoms with E-state index in [9.17, 15) is 4.39 Å². The van der Waals surface area contributed by atoms with E-state index < -0.39 is 6.04 Å². The molecule has 0 amide bonds. The average Bonchev–Trinajstić information content (AvgIpc) is 2.34. The Morgan fingerprint density at radius 1 is 1.17 bits per heavy atom. The molecule has 4 heteroatoms. The molecule has 1 nitrogen and oxygen atoms in total. The van der Waals surface area contributed by atoms with Crippen molar-refractivity contribution in [1.29, 1.82) is 0 Å². The van der Waals surface area contributed by atoms with Gasteiger partial charge in [-0.2, -0.15) is 0 Å². The van der Waals surface area contributed by atoms with E-state index in [0.717, 1.165) is 21.2 Å². The zero-order valence-corrected chi connectivity index (χ0v) is 12.1. The molecule has 2 rings (SSSR count). The fourth-order valence-electron chi connectivity index (χ4n) is 1.87. The molecule has 0 aliphatic rings. The van der Waals surface area contributed by atoms with Gasteiger partial charge in [-0.1, -0.05) is 33.6 Å². The first kappa shape index (κ1) is 13.5. The number of hydrogen-bond donors (Lipinski definition) is 1. The van der Waals surface area contributed by atoms with Gasteiger partial charge in [0.1, 0.15) is 5.82 Å². The predicted octanol–water partition coefficient (Wildman–Crippen LogP) is 4.60. The Bertz CT molecular complexity index is 535. The van der Waals surface area contributed by atoms with Gasteiger partial charge in [-0.05, 0) is 53.9 Å². The third kappa shape index (κ3) is 2.74. The quantitative estimate of drug-likeness (QED) is 0.856. The normalized spacial score (nSPS) is 12.5. The van der Waals surface area contributed by atoms with Crippen molar-refractivity contribution in [3.05, 3.63) is 68.4 Å². The van der Waals surface area contributed by atoms with Crippen LogP contribution in [-0.2, 0) is 0 Å². The van der Waals surface area contributed by atoms with Crippen LogP contribution in [0.25, 0.3) is 0 Å². The Balaban J connectivity index is 2.50. The van der Waals surface area contributed by atoms with Crippen molar-refractivity contribution in [3.8, 4) is 0 Å². The number of halogens is 3. The van der Waals surface area contributed by atoms with Crippen LogP contribution in [0.4, 0.5) is 4.39 Å². The van der Waals surface area contributed by atoms with Crippen molar-refractivity contribution >= 4 is 27.5 Å². The number of benzene rings is 2. The minimum Gasteiger partial charge on any atom is -0.320 e. The van der Waals surface area contributed by atoms with Gasteiger partial charge in [0, 0.05) is 9.50 Å². The van der Waals surface area contributed by atoms with Crippen LogP contribution in [0.1, 0.15) is 22.7 Å². The van der Waals surface area contributed by atoms with Crippen LogP contribution in [0.2, 0.25) is 5.02 Å². The molecule has 0 aromatic heterocycles. The van der Waals surface area contributed by atoms with Gasteiger partial charge in [0.05, 0.1) is 6.04 Å². The summed E-state index contributed by atoms with van der Waals surface area (Å²) in [5.41, 5.74) is 8.76. The van der Waals surface area contributed by atoms with Crippen LogP contribution in [0, 0.1) is 12.7 Å². The molecule has 0 saturated carbocycles. The van der Waals surface area contributed by atoms with Crippen LogP contribution in [0.5, 0.6) is 0 Å². The first-order valence-electron chi connectivity index (χ1n) is 5.45. The highest BCUT2D eigenvalue weighted by Gasteiger charge is 2.15. The molecule has 0 aliphatic heterocycles. The molecule has 2 N–H and O–H groups in total. The van der Waals surface area contributed by atoms with Crippen LogP contribution in [0.3, 0.4) is 0 Å². The summed E-state index contributed by atoms with van der Waals surface area (Å²) >= 11 is 9.41. The Labute approximate surface area is 119 Å². The van der Waals surface area contributed by atoms with Crippen LogP contribution < -0.4 is 5.73 Å². The SMILES string of the molecule is Cc1ccc(F)cc1C(N)c1cc(Cl)ccc1Br. The molecule has 0 heterocycles. The van der Waals surface area contributed by atoms with Crippen molar-refractivity contribution in [3.63, 3.8) is 0 Å². The highest BCUT2D eigenvalue weighted by Crippen LogP contribution is 2.31. The predicted molar refractivity (Wildman–Crippen MR) is 76.3 cm³/mol. The Kier molecular flexibility index (Phi) is 4.05. The molecule has 0 spiro atoms. The van der Waals surface area contributed by atoms with E-state index in [2.05, 4.69) is 15.9 Å². The molecule has 94 valence electrons. The third-order valence-electron chi connectivity index (χ3n) is 2.87. The lowest BCUT2D eigenvalue weighted by Gasteiger charge is -2.17. The fraction of sp³-hybridized carbons (Fsp3) is 0.143. The minimum atomic E-state index is -0.409. The summed E-state index contributed by atoms with van der Waals surface area (Å²) in [4.78, 5) is 0. The molecule has 0 bridgehead atoms. The standard InChI is InChI=1S/C14H12BrClFN/c1-8-2-4-10(17)7-11(8)14(18)12-6-9(16)3-5-13(12)15/h2-7,14H,18H2,1H3. The van der Waals surface area contributed by atoms with Crippen molar-refractivity contribution in [1.82, 2.24) is 0 Å². The average molecular weight is 329 g/mol. The summed E-state index contributed by atoms with van der Waals surface area (Å²) in [5.74, 6) is -0.288. The second-order valence-electron chi connectivity index (χ2n) is 4.14. The van der Waals surface area contributed by atoms with E-state index in [1.165, 1.54) is 12.1 Å². The van der Waals surface area contributed by atoms with E-state index in [-0.39, 0.29) is 5.82 Å². The monoisotopic (exact) mass is 327 g/mol. The van der Waals surface area contributed by atoms with Crippen LogP contribution >= 0.6 is 27.5 Å². The topological polar surface area (TPSA) is 26.0 Å². The van der Waals surface area contributed by atoms with Gasteiger partial charge in [-0.15, -0.1) is 0 Å². The molecule has 0 aliphatic carbocycles. The summed E-state index contributed by atoms with van der Waals surface area (Å²) in [6.07, 6.45) is 0. The lowest BCUT2D eigenvalue weighted by Crippen LogP contribution is -2.14. The summed E-state index contributed by atoms with van der Waals surface area (Å²) in [6.45, 7) is 1.91. The van der Waals surface area contributed by atoms with Crippen molar-refractivity contribution in [2.45, 2.75) is 13.0 Å². The number of nitrogens with two attached hydrogens (primary N) is 1. The van der Waals surface area contributed by atoms with Crippen LogP contribution in [-0.4, -0.2) is 0 Å². The Morgan fingerprint density at radius 2 is 1.89 bits per heavy atom. The highest BCUT2D eigenvalue weighted by atomic mass is 79.9. The fourth-order valence-corrected chi connectivity index (χ4v) is 2.54. The summed E-state index contributed by atoms with van der Waals surface area (Å²) in [5, 5.41) is 0.609. The highest BCUT2D eigenvalue weighted by molar-refractivity contribution is 9.10. The maximum absolute atomic E-state index is 13.3. The van der Waals surface area contributed by atoms with E-state index in [1.807, 2.05) is 13.0 Å². The van der Waals surface area contributed by atoms with Gasteiger partial charge < -0.3 is 5.73 Å². The smallest absolute Gasteiger partial charge is 0.123 e. The lowest BCUT2D eigenvalue weighted by molar-refractivity contribution is 0.622. The maximum Gasteiger partial charge on any atom is 0.123 e. The molecular weight excluding hydrogens is 317 g/mol. The molecule has 2 aromatic carbocycles. The van der Waals surface area contributed by atoms with Gasteiger partial charge in [0.15, 0.2) is 0 Å². The van der Waals surface area contributed by atoms with Gasteiger partial charge in [-0.3, -0.25) is 0 Å². The third-order valence-corrected chi connectivity index (χ3v) is 3.83. The number of hydrogen-bond acceptors (Lipinski definition) is 1. The largest absolute Gasteiger partial charge is 0.320 e.